The zero-order chi connectivity index (χ0) is 19.5. The number of hydrogen-bond donors (Lipinski definition) is 2. The highest BCUT2D eigenvalue weighted by Gasteiger charge is 2.34. The summed E-state index contributed by atoms with van der Waals surface area (Å²) in [6.07, 6.45) is 0.510. The maximum absolute atomic E-state index is 11.5. The molecule has 1 aliphatic rings. The van der Waals surface area contributed by atoms with E-state index in [2.05, 4.69) is 0 Å². The maximum atomic E-state index is 11.5. The number of unbranched alkanes of at least 4 members (excludes halogenated alkanes) is 1. The van der Waals surface area contributed by atoms with Crippen molar-refractivity contribution in [2.75, 3.05) is 19.0 Å². The lowest BCUT2D eigenvalue weighted by Gasteiger charge is -2.28. The number of benzene rings is 1. The van der Waals surface area contributed by atoms with E-state index < -0.39 is 22.0 Å². The molecule has 1 aromatic carbocycles. The molecule has 1 aliphatic heterocycles. The zero-order valence-corrected chi connectivity index (χ0v) is 16.9. The van der Waals surface area contributed by atoms with E-state index in [-0.39, 0.29) is 18.6 Å². The molecular formula is C18H21ClO6S2. The monoisotopic (exact) mass is 432 g/mol. The fraction of sp³-hybridized carbons (Fsp3) is 0.444. The van der Waals surface area contributed by atoms with Crippen molar-refractivity contribution < 1.29 is 27.6 Å². The second kappa shape index (κ2) is 8.57. The summed E-state index contributed by atoms with van der Waals surface area (Å²) in [5, 5.41) is 13.9. The Balaban J connectivity index is 1.85. The van der Waals surface area contributed by atoms with Crippen molar-refractivity contribution in [1.29, 1.82) is 0 Å². The molecule has 148 valence electrons. The van der Waals surface area contributed by atoms with Crippen LogP contribution in [0.25, 0.3) is 0 Å². The fourth-order valence-electron chi connectivity index (χ4n) is 3.08. The topological polar surface area (TPSA) is 93.1 Å². The van der Waals surface area contributed by atoms with Gasteiger partial charge in [-0.05, 0) is 54.0 Å². The molecule has 0 saturated carbocycles. The molecule has 1 saturated heterocycles. The van der Waals surface area contributed by atoms with Crippen LogP contribution in [0.15, 0.2) is 35.7 Å². The molecule has 0 spiro atoms. The summed E-state index contributed by atoms with van der Waals surface area (Å²) in [5.74, 6) is -0.336. The highest BCUT2D eigenvalue weighted by atomic mass is 35.5. The van der Waals surface area contributed by atoms with Gasteiger partial charge in [-0.25, -0.2) is 0 Å². The van der Waals surface area contributed by atoms with E-state index in [1.807, 2.05) is 11.4 Å². The van der Waals surface area contributed by atoms with Crippen LogP contribution in [0.2, 0.25) is 5.02 Å². The maximum Gasteiger partial charge on any atom is 0.264 e. The Labute approximate surface area is 167 Å². The SMILES string of the molecule is O=S(=O)(O)CCCC[C@](O)(c1cccc(Cl)c1)c1csc(C2OCCO2)c1. The van der Waals surface area contributed by atoms with Crippen molar-refractivity contribution in [3.05, 3.63) is 56.7 Å². The highest BCUT2D eigenvalue weighted by Crippen LogP contribution is 2.40. The number of hydrogen-bond acceptors (Lipinski definition) is 6. The third-order valence-corrected chi connectivity index (χ3v) is 6.44. The smallest absolute Gasteiger partial charge is 0.264 e. The first-order valence-electron chi connectivity index (χ1n) is 8.54. The van der Waals surface area contributed by atoms with Crippen molar-refractivity contribution in [2.24, 2.45) is 0 Å². The van der Waals surface area contributed by atoms with Gasteiger partial charge in [-0.3, -0.25) is 4.55 Å². The number of rotatable bonds is 8. The van der Waals surface area contributed by atoms with Crippen LogP contribution in [-0.2, 0) is 25.2 Å². The molecule has 1 fully saturated rings. The first-order valence-corrected chi connectivity index (χ1v) is 11.4. The molecule has 0 unspecified atom stereocenters. The Hall–Kier alpha value is -1.00. The molecule has 2 heterocycles. The average molecular weight is 433 g/mol. The molecule has 6 nitrogen and oxygen atoms in total. The number of halogens is 1. The van der Waals surface area contributed by atoms with Gasteiger partial charge in [0.2, 0.25) is 0 Å². The summed E-state index contributed by atoms with van der Waals surface area (Å²) < 4.78 is 41.8. The van der Waals surface area contributed by atoms with Gasteiger partial charge in [-0.2, -0.15) is 8.42 Å². The van der Waals surface area contributed by atoms with Crippen LogP contribution in [0, 0.1) is 0 Å². The van der Waals surface area contributed by atoms with Gasteiger partial charge in [0.1, 0.15) is 5.60 Å². The van der Waals surface area contributed by atoms with Crippen molar-refractivity contribution in [1.82, 2.24) is 0 Å². The van der Waals surface area contributed by atoms with E-state index in [0.717, 1.165) is 4.88 Å². The second-order valence-electron chi connectivity index (χ2n) is 6.43. The van der Waals surface area contributed by atoms with Crippen molar-refractivity contribution in [3.63, 3.8) is 0 Å². The van der Waals surface area contributed by atoms with Gasteiger partial charge in [0.15, 0.2) is 6.29 Å². The van der Waals surface area contributed by atoms with E-state index in [4.69, 9.17) is 25.6 Å². The molecule has 3 rings (SSSR count). The van der Waals surface area contributed by atoms with Crippen molar-refractivity contribution in [2.45, 2.75) is 31.2 Å². The number of thiophene rings is 1. The summed E-state index contributed by atoms with van der Waals surface area (Å²) in [7, 11) is -4.02. The van der Waals surface area contributed by atoms with Gasteiger partial charge in [-0.15, -0.1) is 11.3 Å². The van der Waals surface area contributed by atoms with E-state index in [0.29, 0.717) is 35.8 Å². The van der Waals surface area contributed by atoms with Gasteiger partial charge in [0.25, 0.3) is 10.1 Å². The Kier molecular flexibility index (Phi) is 6.58. The van der Waals surface area contributed by atoms with E-state index in [1.165, 1.54) is 11.3 Å². The van der Waals surface area contributed by atoms with Gasteiger partial charge >= 0.3 is 0 Å². The lowest BCUT2D eigenvalue weighted by molar-refractivity contribution is -0.0415. The predicted octanol–water partition coefficient (Wildman–Crippen LogP) is 3.74. The van der Waals surface area contributed by atoms with Crippen LogP contribution in [0.1, 0.15) is 41.6 Å². The minimum atomic E-state index is -4.02. The Morgan fingerprint density at radius 3 is 2.59 bits per heavy atom. The molecular weight excluding hydrogens is 412 g/mol. The van der Waals surface area contributed by atoms with E-state index >= 15 is 0 Å². The fourth-order valence-corrected chi connectivity index (χ4v) is 4.81. The summed E-state index contributed by atoms with van der Waals surface area (Å²) in [5.41, 5.74) is -0.0347. The van der Waals surface area contributed by atoms with Crippen LogP contribution in [-0.4, -0.2) is 37.0 Å². The van der Waals surface area contributed by atoms with Gasteiger partial charge in [-0.1, -0.05) is 23.7 Å². The van der Waals surface area contributed by atoms with Crippen LogP contribution in [0.5, 0.6) is 0 Å². The van der Waals surface area contributed by atoms with Crippen LogP contribution in [0.4, 0.5) is 0 Å². The second-order valence-corrected chi connectivity index (χ2v) is 9.38. The molecule has 2 N–H and O–H groups in total. The third kappa shape index (κ3) is 5.29. The third-order valence-electron chi connectivity index (χ3n) is 4.44. The van der Waals surface area contributed by atoms with E-state index in [1.54, 1.807) is 24.3 Å². The predicted molar refractivity (Wildman–Crippen MR) is 104 cm³/mol. The van der Waals surface area contributed by atoms with Gasteiger partial charge < -0.3 is 14.6 Å². The molecule has 1 atom stereocenters. The lowest BCUT2D eigenvalue weighted by atomic mass is 9.83. The molecule has 9 heteroatoms. The zero-order valence-electron chi connectivity index (χ0n) is 14.5. The van der Waals surface area contributed by atoms with Crippen LogP contribution in [0.3, 0.4) is 0 Å². The molecule has 27 heavy (non-hydrogen) atoms. The minimum absolute atomic E-state index is 0.244. The standard InChI is InChI=1S/C18H21ClO6S2/c19-15-5-3-4-13(10-15)18(20,6-1-2-9-27(21,22)23)14-11-16(26-12-14)17-24-7-8-25-17/h3-5,10-12,17,20H,1-2,6-9H2,(H,21,22,23)/t18-/m0/s1. The van der Waals surface area contributed by atoms with E-state index in [9.17, 15) is 13.5 Å². The Morgan fingerprint density at radius 1 is 1.19 bits per heavy atom. The molecule has 0 radical (unpaired) electrons. The van der Waals surface area contributed by atoms with Crippen molar-refractivity contribution in [3.8, 4) is 0 Å². The van der Waals surface area contributed by atoms with Crippen LogP contribution >= 0.6 is 22.9 Å². The normalized spacial score (nSPS) is 17.9. The molecule has 0 amide bonds. The molecule has 1 aromatic heterocycles. The Bertz CT molecular complexity index is 875. The van der Waals surface area contributed by atoms with Crippen LogP contribution < -0.4 is 0 Å². The summed E-state index contributed by atoms with van der Waals surface area (Å²) in [6, 6.07) is 8.82. The quantitative estimate of drug-likeness (QED) is 0.487. The van der Waals surface area contributed by atoms with Crippen molar-refractivity contribution >= 4 is 33.1 Å². The number of aliphatic hydroxyl groups is 1. The summed E-state index contributed by atoms with van der Waals surface area (Å²) in [6.45, 7) is 1.07. The Morgan fingerprint density at radius 2 is 1.93 bits per heavy atom. The number of ether oxygens (including phenoxy) is 2. The first-order chi connectivity index (χ1) is 12.8. The molecule has 0 aliphatic carbocycles. The summed E-state index contributed by atoms with van der Waals surface area (Å²) >= 11 is 7.54. The van der Waals surface area contributed by atoms with Gasteiger partial charge in [0, 0.05) is 5.02 Å². The van der Waals surface area contributed by atoms with Gasteiger partial charge in [0.05, 0.1) is 23.8 Å². The average Bonchev–Trinajstić information content (AvgIpc) is 3.28. The molecule has 2 aromatic rings. The highest BCUT2D eigenvalue weighted by molar-refractivity contribution is 7.85. The molecule has 0 bridgehead atoms. The largest absolute Gasteiger partial charge is 0.380 e. The first kappa shape index (κ1) is 20.7. The lowest BCUT2D eigenvalue weighted by Crippen LogP contribution is -2.27. The minimum Gasteiger partial charge on any atom is -0.380 e. The summed E-state index contributed by atoms with van der Waals surface area (Å²) in [4.78, 5) is 0.862.